The Hall–Kier alpha value is -2.74. The average molecular weight is 358 g/mol. The van der Waals surface area contributed by atoms with Gasteiger partial charge in [0, 0.05) is 11.4 Å². The standard InChI is InChI=1S/C17H18N4O3S/c1-11-8-12(2)20-17(19-11)25-10-15(22)21-18-9-13-4-6-14(7-5-13)16(23)24-3/h4-9H,10H2,1-3H3,(H,21,22)/b18-9+. The molecule has 0 unspecified atom stereocenters. The van der Waals surface area contributed by atoms with Gasteiger partial charge in [-0.1, -0.05) is 23.9 Å². The maximum absolute atomic E-state index is 11.8. The Bertz CT molecular complexity index is 771. The number of hydrogen-bond acceptors (Lipinski definition) is 7. The lowest BCUT2D eigenvalue weighted by Crippen LogP contribution is -2.19. The van der Waals surface area contributed by atoms with Crippen LogP contribution >= 0.6 is 11.8 Å². The largest absolute Gasteiger partial charge is 0.465 e. The normalized spacial score (nSPS) is 10.7. The third-order valence-electron chi connectivity index (χ3n) is 3.03. The zero-order chi connectivity index (χ0) is 18.2. The number of thioether (sulfide) groups is 1. The van der Waals surface area contributed by atoms with E-state index in [0.29, 0.717) is 10.7 Å². The summed E-state index contributed by atoms with van der Waals surface area (Å²) in [6, 6.07) is 8.55. The molecule has 2 rings (SSSR count). The lowest BCUT2D eigenvalue weighted by Gasteiger charge is -2.02. The monoisotopic (exact) mass is 358 g/mol. The fourth-order valence-electron chi connectivity index (χ4n) is 1.92. The van der Waals surface area contributed by atoms with Gasteiger partial charge in [0.15, 0.2) is 5.16 Å². The van der Waals surface area contributed by atoms with Crippen LogP contribution in [0.15, 0.2) is 40.6 Å². The summed E-state index contributed by atoms with van der Waals surface area (Å²) < 4.78 is 4.62. The number of nitrogens with zero attached hydrogens (tertiary/aromatic N) is 3. The summed E-state index contributed by atoms with van der Waals surface area (Å²) in [6.07, 6.45) is 1.50. The van der Waals surface area contributed by atoms with Gasteiger partial charge in [-0.25, -0.2) is 20.2 Å². The number of ether oxygens (including phenoxy) is 1. The van der Waals surface area contributed by atoms with Crippen molar-refractivity contribution in [1.29, 1.82) is 0 Å². The first-order valence-corrected chi connectivity index (χ1v) is 8.42. The van der Waals surface area contributed by atoms with Crippen LogP contribution in [0.5, 0.6) is 0 Å². The first-order chi connectivity index (χ1) is 12.0. The fraction of sp³-hybridized carbons (Fsp3) is 0.235. The van der Waals surface area contributed by atoms with Crippen LogP contribution in [-0.4, -0.2) is 40.9 Å². The van der Waals surface area contributed by atoms with Gasteiger partial charge < -0.3 is 4.74 Å². The summed E-state index contributed by atoms with van der Waals surface area (Å²) in [6.45, 7) is 3.77. The first kappa shape index (κ1) is 18.6. The number of carbonyl (C=O) groups is 2. The summed E-state index contributed by atoms with van der Waals surface area (Å²) >= 11 is 1.25. The molecule has 0 aliphatic rings. The maximum Gasteiger partial charge on any atom is 0.337 e. The van der Waals surface area contributed by atoms with Crippen LogP contribution in [0.3, 0.4) is 0 Å². The molecule has 0 fully saturated rings. The van der Waals surface area contributed by atoms with Gasteiger partial charge in [-0.15, -0.1) is 0 Å². The summed E-state index contributed by atoms with van der Waals surface area (Å²) in [5.41, 5.74) is 5.37. The molecule has 0 saturated heterocycles. The fourth-order valence-corrected chi connectivity index (χ4v) is 2.66. The Morgan fingerprint density at radius 1 is 1.20 bits per heavy atom. The average Bonchev–Trinajstić information content (AvgIpc) is 2.59. The molecule has 130 valence electrons. The lowest BCUT2D eigenvalue weighted by molar-refractivity contribution is -0.118. The molecule has 0 aliphatic heterocycles. The molecule has 1 aromatic carbocycles. The minimum absolute atomic E-state index is 0.168. The second kappa shape index (κ2) is 8.93. The van der Waals surface area contributed by atoms with E-state index in [1.54, 1.807) is 24.3 Å². The highest BCUT2D eigenvalue weighted by atomic mass is 32.2. The number of benzene rings is 1. The number of methoxy groups -OCH3 is 1. The lowest BCUT2D eigenvalue weighted by atomic mass is 10.1. The Morgan fingerprint density at radius 3 is 2.44 bits per heavy atom. The molecule has 2 aromatic rings. The van der Waals surface area contributed by atoms with Gasteiger partial charge in [-0.2, -0.15) is 5.10 Å². The second-order valence-corrected chi connectivity index (χ2v) is 6.07. The van der Waals surface area contributed by atoms with Crippen LogP contribution in [0.2, 0.25) is 0 Å². The van der Waals surface area contributed by atoms with Crippen molar-refractivity contribution in [2.24, 2.45) is 5.10 Å². The third-order valence-corrected chi connectivity index (χ3v) is 3.88. The van der Waals surface area contributed by atoms with Crippen molar-refractivity contribution in [3.05, 3.63) is 52.8 Å². The van der Waals surface area contributed by atoms with Crippen LogP contribution < -0.4 is 5.43 Å². The molecule has 0 saturated carbocycles. The quantitative estimate of drug-likeness (QED) is 0.279. The van der Waals surface area contributed by atoms with Crippen molar-refractivity contribution >= 4 is 29.9 Å². The van der Waals surface area contributed by atoms with Crippen molar-refractivity contribution in [3.63, 3.8) is 0 Å². The van der Waals surface area contributed by atoms with Crippen LogP contribution in [0, 0.1) is 13.8 Å². The van der Waals surface area contributed by atoms with Crippen LogP contribution in [-0.2, 0) is 9.53 Å². The number of aryl methyl sites for hydroxylation is 2. The van der Waals surface area contributed by atoms with E-state index in [1.165, 1.54) is 25.1 Å². The molecule has 8 heteroatoms. The minimum Gasteiger partial charge on any atom is -0.465 e. The Kier molecular flexibility index (Phi) is 6.64. The van der Waals surface area contributed by atoms with E-state index < -0.39 is 5.97 Å². The van der Waals surface area contributed by atoms with Crippen LogP contribution in [0.4, 0.5) is 0 Å². The summed E-state index contributed by atoms with van der Waals surface area (Å²) in [7, 11) is 1.33. The van der Waals surface area contributed by atoms with Crippen molar-refractivity contribution < 1.29 is 14.3 Å². The zero-order valence-electron chi connectivity index (χ0n) is 14.1. The predicted molar refractivity (Wildman–Crippen MR) is 95.7 cm³/mol. The zero-order valence-corrected chi connectivity index (χ0v) is 15.0. The van der Waals surface area contributed by atoms with Crippen LogP contribution in [0.1, 0.15) is 27.3 Å². The van der Waals surface area contributed by atoms with E-state index in [0.717, 1.165) is 17.0 Å². The molecular weight excluding hydrogens is 340 g/mol. The number of amides is 1. The van der Waals surface area contributed by atoms with E-state index in [2.05, 4.69) is 25.2 Å². The third kappa shape index (κ3) is 6.00. The number of hydrogen-bond donors (Lipinski definition) is 1. The van der Waals surface area contributed by atoms with E-state index in [9.17, 15) is 9.59 Å². The molecule has 0 atom stereocenters. The number of hydrazone groups is 1. The van der Waals surface area contributed by atoms with E-state index in [1.807, 2.05) is 19.9 Å². The number of carbonyl (C=O) groups excluding carboxylic acids is 2. The molecule has 7 nitrogen and oxygen atoms in total. The minimum atomic E-state index is -0.401. The van der Waals surface area contributed by atoms with Crippen molar-refractivity contribution in [2.75, 3.05) is 12.9 Å². The van der Waals surface area contributed by atoms with Crippen molar-refractivity contribution in [2.45, 2.75) is 19.0 Å². The molecule has 1 amide bonds. The molecule has 25 heavy (non-hydrogen) atoms. The Labute approximate surface area is 149 Å². The summed E-state index contributed by atoms with van der Waals surface area (Å²) in [4.78, 5) is 31.6. The van der Waals surface area contributed by atoms with Gasteiger partial charge in [0.05, 0.1) is 24.6 Å². The van der Waals surface area contributed by atoms with Gasteiger partial charge in [-0.3, -0.25) is 4.79 Å². The van der Waals surface area contributed by atoms with Crippen LogP contribution in [0.25, 0.3) is 0 Å². The summed E-state index contributed by atoms with van der Waals surface area (Å²) in [5, 5.41) is 4.45. The van der Waals surface area contributed by atoms with Gasteiger partial charge in [0.25, 0.3) is 5.91 Å². The molecule has 1 heterocycles. The van der Waals surface area contributed by atoms with E-state index in [4.69, 9.17) is 0 Å². The van der Waals surface area contributed by atoms with Crippen molar-refractivity contribution in [1.82, 2.24) is 15.4 Å². The van der Waals surface area contributed by atoms with Crippen molar-refractivity contribution in [3.8, 4) is 0 Å². The van der Waals surface area contributed by atoms with Gasteiger partial charge >= 0.3 is 5.97 Å². The SMILES string of the molecule is COC(=O)c1ccc(/C=N/NC(=O)CSc2nc(C)cc(C)n2)cc1. The highest BCUT2D eigenvalue weighted by Gasteiger charge is 2.06. The predicted octanol–water partition coefficient (Wildman–Crippen LogP) is 2.12. The molecule has 0 radical (unpaired) electrons. The maximum atomic E-state index is 11.8. The Balaban J connectivity index is 1.82. The molecule has 0 spiro atoms. The van der Waals surface area contributed by atoms with E-state index in [-0.39, 0.29) is 11.7 Å². The van der Waals surface area contributed by atoms with E-state index >= 15 is 0 Å². The molecule has 0 bridgehead atoms. The highest BCUT2D eigenvalue weighted by molar-refractivity contribution is 7.99. The van der Waals surface area contributed by atoms with Gasteiger partial charge in [0.2, 0.25) is 0 Å². The Morgan fingerprint density at radius 2 is 1.84 bits per heavy atom. The van der Waals surface area contributed by atoms with Gasteiger partial charge in [0.1, 0.15) is 0 Å². The molecular formula is C17H18N4O3S. The smallest absolute Gasteiger partial charge is 0.337 e. The molecule has 0 aliphatic carbocycles. The molecule has 1 aromatic heterocycles. The highest BCUT2D eigenvalue weighted by Crippen LogP contribution is 2.13. The van der Waals surface area contributed by atoms with Gasteiger partial charge in [-0.05, 0) is 37.6 Å². The second-order valence-electron chi connectivity index (χ2n) is 5.13. The number of rotatable bonds is 6. The topological polar surface area (TPSA) is 93.5 Å². The molecule has 1 N–H and O–H groups in total. The number of nitrogens with one attached hydrogen (secondary N) is 1. The first-order valence-electron chi connectivity index (χ1n) is 7.43. The number of esters is 1. The number of aromatic nitrogens is 2. The summed E-state index contributed by atoms with van der Waals surface area (Å²) in [5.74, 6) is -0.487.